The Morgan fingerprint density at radius 2 is 1.95 bits per heavy atom. The van der Waals surface area contributed by atoms with Crippen LogP contribution in [-0.4, -0.2) is 24.5 Å². The zero-order chi connectivity index (χ0) is 14.4. The normalized spacial score (nSPS) is 11.8. The summed E-state index contributed by atoms with van der Waals surface area (Å²) in [6, 6.07) is 5.43. The molecule has 1 aromatic carbocycles. The van der Waals surface area contributed by atoms with Crippen molar-refractivity contribution in [3.8, 4) is 0 Å². The average Bonchev–Trinajstić information content (AvgIpc) is 2.39. The first-order chi connectivity index (χ1) is 8.93. The predicted molar refractivity (Wildman–Crippen MR) is 74.1 cm³/mol. The highest BCUT2D eigenvalue weighted by molar-refractivity contribution is 5.91. The average molecular weight is 263 g/mol. The van der Waals surface area contributed by atoms with E-state index in [0.29, 0.717) is 5.56 Å². The lowest BCUT2D eigenvalue weighted by molar-refractivity contribution is -0.124. The third-order valence-corrected chi connectivity index (χ3v) is 3.10. The van der Waals surface area contributed by atoms with Gasteiger partial charge in [0, 0.05) is 6.04 Å². The van der Waals surface area contributed by atoms with Crippen molar-refractivity contribution in [2.75, 3.05) is 6.61 Å². The molecule has 0 aliphatic heterocycles. The summed E-state index contributed by atoms with van der Waals surface area (Å²) in [5.74, 6) is -0.742. The van der Waals surface area contributed by atoms with Crippen LogP contribution in [0.3, 0.4) is 0 Å². The number of aryl methyl sites for hydroxylation is 2. The first-order valence-corrected chi connectivity index (χ1v) is 6.47. The monoisotopic (exact) mass is 263 g/mol. The van der Waals surface area contributed by atoms with Crippen LogP contribution in [0.1, 0.15) is 41.8 Å². The highest BCUT2D eigenvalue weighted by Crippen LogP contribution is 2.10. The van der Waals surface area contributed by atoms with E-state index >= 15 is 0 Å². The smallest absolute Gasteiger partial charge is 0.338 e. The number of ether oxygens (including phenoxy) is 1. The molecule has 1 N–H and O–H groups in total. The van der Waals surface area contributed by atoms with Gasteiger partial charge in [-0.2, -0.15) is 0 Å². The van der Waals surface area contributed by atoms with E-state index in [4.69, 9.17) is 4.74 Å². The Bertz CT molecular complexity index is 468. The van der Waals surface area contributed by atoms with Gasteiger partial charge in [-0.3, -0.25) is 4.79 Å². The van der Waals surface area contributed by atoms with Crippen molar-refractivity contribution in [2.45, 2.75) is 40.2 Å². The van der Waals surface area contributed by atoms with Crippen LogP contribution in [0.15, 0.2) is 18.2 Å². The fourth-order valence-electron chi connectivity index (χ4n) is 1.50. The lowest BCUT2D eigenvalue weighted by atomic mass is 10.1. The molecule has 1 aromatic rings. The minimum absolute atomic E-state index is 0.0906. The van der Waals surface area contributed by atoms with Gasteiger partial charge in [-0.15, -0.1) is 0 Å². The molecule has 0 fully saturated rings. The molecule has 0 aliphatic carbocycles. The van der Waals surface area contributed by atoms with E-state index in [-0.39, 0.29) is 18.6 Å². The molecular weight excluding hydrogens is 242 g/mol. The second-order valence-corrected chi connectivity index (χ2v) is 4.75. The molecule has 1 unspecified atom stereocenters. The third kappa shape index (κ3) is 4.73. The molecule has 4 heteroatoms. The van der Waals surface area contributed by atoms with Crippen molar-refractivity contribution in [3.05, 3.63) is 34.9 Å². The first kappa shape index (κ1) is 15.2. The van der Waals surface area contributed by atoms with Gasteiger partial charge in [0.25, 0.3) is 5.91 Å². The Morgan fingerprint density at radius 3 is 2.53 bits per heavy atom. The summed E-state index contributed by atoms with van der Waals surface area (Å²) in [5.41, 5.74) is 2.61. The van der Waals surface area contributed by atoms with Crippen molar-refractivity contribution in [1.29, 1.82) is 0 Å². The maximum Gasteiger partial charge on any atom is 0.338 e. The van der Waals surface area contributed by atoms with E-state index in [1.807, 2.05) is 33.8 Å². The molecule has 0 radical (unpaired) electrons. The van der Waals surface area contributed by atoms with E-state index < -0.39 is 5.97 Å². The summed E-state index contributed by atoms with van der Waals surface area (Å²) in [4.78, 5) is 23.2. The van der Waals surface area contributed by atoms with Gasteiger partial charge in [-0.25, -0.2) is 4.79 Å². The summed E-state index contributed by atoms with van der Waals surface area (Å²) < 4.78 is 4.98. The molecule has 1 atom stereocenters. The number of amides is 1. The number of hydrogen-bond donors (Lipinski definition) is 1. The molecular formula is C15H21NO3. The Labute approximate surface area is 114 Å². The van der Waals surface area contributed by atoms with E-state index in [0.717, 1.165) is 17.5 Å². The first-order valence-electron chi connectivity index (χ1n) is 6.47. The molecule has 0 aromatic heterocycles. The molecule has 0 saturated carbocycles. The van der Waals surface area contributed by atoms with Crippen molar-refractivity contribution in [2.24, 2.45) is 0 Å². The third-order valence-electron chi connectivity index (χ3n) is 3.10. The van der Waals surface area contributed by atoms with E-state index in [2.05, 4.69) is 5.32 Å². The second kappa shape index (κ2) is 6.92. The fourth-order valence-corrected chi connectivity index (χ4v) is 1.50. The van der Waals surface area contributed by atoms with Gasteiger partial charge in [-0.1, -0.05) is 13.0 Å². The van der Waals surface area contributed by atoms with Gasteiger partial charge in [0.2, 0.25) is 0 Å². The number of benzene rings is 1. The zero-order valence-electron chi connectivity index (χ0n) is 11.9. The Hall–Kier alpha value is -1.84. The Kier molecular flexibility index (Phi) is 5.55. The minimum atomic E-state index is -0.470. The van der Waals surface area contributed by atoms with Gasteiger partial charge in [-0.05, 0) is 50.5 Å². The van der Waals surface area contributed by atoms with Gasteiger partial charge >= 0.3 is 5.97 Å². The van der Waals surface area contributed by atoms with Crippen LogP contribution in [0.2, 0.25) is 0 Å². The minimum Gasteiger partial charge on any atom is -0.452 e. The summed E-state index contributed by atoms with van der Waals surface area (Å²) in [5, 5.41) is 2.74. The SMILES string of the molecule is CCC(C)NC(=O)COC(=O)c1ccc(C)c(C)c1. The Morgan fingerprint density at radius 1 is 1.26 bits per heavy atom. The lowest BCUT2D eigenvalue weighted by Gasteiger charge is -2.11. The maximum atomic E-state index is 11.8. The maximum absolute atomic E-state index is 11.8. The van der Waals surface area contributed by atoms with Crippen LogP contribution in [0.25, 0.3) is 0 Å². The van der Waals surface area contributed by atoms with Gasteiger partial charge in [0.15, 0.2) is 6.61 Å². The molecule has 1 amide bonds. The standard InChI is InChI=1S/C15H21NO3/c1-5-12(4)16-14(17)9-19-15(18)13-7-6-10(2)11(3)8-13/h6-8,12H,5,9H2,1-4H3,(H,16,17). The molecule has 0 saturated heterocycles. The molecule has 0 aliphatic rings. The van der Waals surface area contributed by atoms with Crippen LogP contribution in [-0.2, 0) is 9.53 Å². The quantitative estimate of drug-likeness (QED) is 0.830. The molecule has 19 heavy (non-hydrogen) atoms. The number of nitrogens with one attached hydrogen (secondary N) is 1. The van der Waals surface area contributed by atoms with Crippen LogP contribution < -0.4 is 5.32 Å². The summed E-state index contributed by atoms with van der Waals surface area (Å²) in [6.07, 6.45) is 0.844. The van der Waals surface area contributed by atoms with Crippen molar-refractivity contribution in [1.82, 2.24) is 5.32 Å². The number of rotatable bonds is 5. The molecule has 0 heterocycles. The van der Waals surface area contributed by atoms with Gasteiger partial charge in [0.1, 0.15) is 0 Å². The molecule has 104 valence electrons. The summed E-state index contributed by atoms with van der Waals surface area (Å²) >= 11 is 0. The number of carbonyl (C=O) groups is 2. The molecule has 0 bridgehead atoms. The van der Waals surface area contributed by atoms with Crippen molar-refractivity contribution >= 4 is 11.9 Å². The molecule has 4 nitrogen and oxygen atoms in total. The Balaban J connectivity index is 2.51. The predicted octanol–water partition coefficient (Wildman–Crippen LogP) is 2.37. The lowest BCUT2D eigenvalue weighted by Crippen LogP contribution is -2.35. The van der Waals surface area contributed by atoms with E-state index in [1.54, 1.807) is 12.1 Å². The highest BCUT2D eigenvalue weighted by Gasteiger charge is 2.11. The number of hydrogen-bond acceptors (Lipinski definition) is 3. The zero-order valence-corrected chi connectivity index (χ0v) is 11.9. The van der Waals surface area contributed by atoms with Crippen LogP contribution in [0.4, 0.5) is 0 Å². The summed E-state index contributed by atoms with van der Waals surface area (Å²) in [6.45, 7) is 7.55. The summed E-state index contributed by atoms with van der Waals surface area (Å²) in [7, 11) is 0. The van der Waals surface area contributed by atoms with E-state index in [1.165, 1.54) is 0 Å². The molecule has 0 spiro atoms. The fraction of sp³-hybridized carbons (Fsp3) is 0.467. The van der Waals surface area contributed by atoms with Crippen molar-refractivity contribution in [3.63, 3.8) is 0 Å². The number of esters is 1. The van der Waals surface area contributed by atoms with Crippen LogP contribution >= 0.6 is 0 Å². The van der Waals surface area contributed by atoms with Gasteiger partial charge < -0.3 is 10.1 Å². The largest absolute Gasteiger partial charge is 0.452 e. The van der Waals surface area contributed by atoms with E-state index in [9.17, 15) is 9.59 Å². The highest BCUT2D eigenvalue weighted by atomic mass is 16.5. The van der Waals surface area contributed by atoms with Gasteiger partial charge in [0.05, 0.1) is 5.56 Å². The van der Waals surface area contributed by atoms with Crippen LogP contribution in [0.5, 0.6) is 0 Å². The second-order valence-electron chi connectivity index (χ2n) is 4.75. The van der Waals surface area contributed by atoms with Crippen LogP contribution in [0, 0.1) is 13.8 Å². The topological polar surface area (TPSA) is 55.4 Å². The molecule has 1 rings (SSSR count). The van der Waals surface area contributed by atoms with Crippen molar-refractivity contribution < 1.29 is 14.3 Å². The number of carbonyl (C=O) groups excluding carboxylic acids is 2.